The number of methoxy groups -OCH3 is 2. The number of aromatic nitrogens is 3. The van der Waals surface area contributed by atoms with Gasteiger partial charge in [-0.3, -0.25) is 9.11 Å². The molecule has 402 valence electrons. The molecule has 32 heteroatoms. The number of aromatic hydroxyl groups is 1. The van der Waals surface area contributed by atoms with Crippen LogP contribution in [0.25, 0.3) is 49.0 Å². The Labute approximate surface area is 451 Å². The van der Waals surface area contributed by atoms with Gasteiger partial charge >= 0.3 is 0 Å². The first-order valence-corrected chi connectivity index (χ1v) is 26.7. The lowest BCUT2D eigenvalue weighted by Crippen LogP contribution is -2.04. The Morgan fingerprint density at radius 2 is 1.13 bits per heavy atom. The minimum Gasteiger partial charge on any atom is -0.505 e. The van der Waals surface area contributed by atoms with Crippen molar-refractivity contribution in [3.05, 3.63) is 114 Å². The van der Waals surface area contributed by atoms with E-state index in [1.54, 1.807) is 48.5 Å². The molecule has 0 spiro atoms. The number of phenols is 1. The number of benzene rings is 8. The zero-order chi connectivity index (χ0) is 55.5. The molecule has 27 nitrogen and oxygen atoms in total. The van der Waals surface area contributed by atoms with Crippen molar-refractivity contribution in [1.82, 2.24) is 15.0 Å². The maximum atomic E-state index is 12.3. The summed E-state index contributed by atoms with van der Waals surface area (Å²) in [4.78, 5) is 0.735. The maximum absolute atomic E-state index is 12.3. The molecule has 0 fully saturated rings. The largest absolute Gasteiger partial charge is 0.505 e. The van der Waals surface area contributed by atoms with Crippen molar-refractivity contribution in [2.75, 3.05) is 14.2 Å². The summed E-state index contributed by atoms with van der Waals surface area (Å²) in [7, 11) is -7.09. The minimum atomic E-state index is -4.97. The number of ether oxygens (including phenoxy) is 2. The van der Waals surface area contributed by atoms with E-state index in [0.29, 0.717) is 67.0 Å². The molecule has 6 N–H and O–H groups in total. The van der Waals surface area contributed by atoms with E-state index in [1.165, 1.54) is 56.7 Å². The predicted molar refractivity (Wildman–Crippen MR) is 279 cm³/mol. The van der Waals surface area contributed by atoms with Crippen LogP contribution < -0.4 is 9.47 Å². The molecule has 0 unspecified atom stereocenters. The molecule has 1 heterocycles. The van der Waals surface area contributed by atoms with Crippen molar-refractivity contribution >= 4 is 134 Å². The van der Waals surface area contributed by atoms with E-state index < -0.39 is 30.0 Å². The minimum absolute atomic E-state index is 0.0188. The summed E-state index contributed by atoms with van der Waals surface area (Å²) in [5.74, 6) is 0.0120. The second-order valence-corrected chi connectivity index (χ2v) is 21.2. The van der Waals surface area contributed by atoms with Crippen molar-refractivity contribution in [2.45, 2.75) is 38.3 Å². The molecule has 8 aromatic carbocycles. The molecule has 0 atom stereocenters. The highest BCUT2D eigenvalue weighted by atomic mass is 32.2. The Bertz CT molecular complexity index is 4170. The summed E-state index contributed by atoms with van der Waals surface area (Å²) in [6, 6.07) is 25.7. The van der Waals surface area contributed by atoms with Gasteiger partial charge in [0.2, 0.25) is 0 Å². The molecule has 0 saturated carbocycles. The highest BCUT2D eigenvalue weighted by Gasteiger charge is 2.24. The Balaban J connectivity index is 0.982. The zero-order valence-electron chi connectivity index (χ0n) is 40.0. The summed E-state index contributed by atoms with van der Waals surface area (Å²) < 4.78 is 93.6. The summed E-state index contributed by atoms with van der Waals surface area (Å²) in [6.45, 7) is 3.66. The topological polar surface area (TPSA) is 368 Å². The van der Waals surface area contributed by atoms with Crippen LogP contribution in [0.4, 0.5) is 34.1 Å². The van der Waals surface area contributed by atoms with Crippen LogP contribution in [0.2, 0.25) is 0 Å². The lowest BCUT2D eigenvalue weighted by Gasteiger charge is -2.11. The molecule has 1 aromatic heterocycles. The number of nitrogens with zero attached hydrogens (tertiary/aromatic N) is 9. The monoisotopic (exact) mass is 1160 g/mol. The third kappa shape index (κ3) is 11.9. The smallest absolute Gasteiger partial charge is 0.295 e. The molecule has 9 rings (SSSR count). The van der Waals surface area contributed by atoms with Gasteiger partial charge in [-0.1, -0.05) is 27.2 Å². The number of hydrogen-bond acceptors (Lipinski definition) is 27. The fourth-order valence-electron chi connectivity index (χ4n) is 7.83. The van der Waals surface area contributed by atoms with E-state index >= 15 is 0 Å². The van der Waals surface area contributed by atoms with Gasteiger partial charge < -0.3 is 14.6 Å². The summed E-state index contributed by atoms with van der Waals surface area (Å²) >= 11 is 1.95. The first-order chi connectivity index (χ1) is 37.4. The molecule has 0 bridgehead atoms. The van der Waals surface area contributed by atoms with Gasteiger partial charge in [0.1, 0.15) is 44.5 Å². The second-order valence-electron chi connectivity index (χ2n) is 16.1. The van der Waals surface area contributed by atoms with Gasteiger partial charge in [0, 0.05) is 38.1 Å². The fraction of sp³-hybridized carbons (Fsp3) is 0.0870. The number of azo groups is 3. The van der Waals surface area contributed by atoms with Crippen LogP contribution in [-0.2, 0) is 48.4 Å². The average molecular weight is 1160 g/mol. The third-order valence-corrected chi connectivity index (χ3v) is 14.9. The van der Waals surface area contributed by atoms with Crippen molar-refractivity contribution in [3.8, 4) is 22.9 Å². The SMILES string of the molecule is COc1cc(N=Nc2c(SOOO)cc3cc(-n4nc5ccc6c(S(=O)(=O)O)cc(S(=O)(=O)O)cc6c5n4)ccc3c2O)c(OC)cc1N=Nc1cc(C)c(N=Nc2ccc3c(SOOO)cc(SOOO)cc3c2)cc1C. The predicted octanol–water partition coefficient (Wildman–Crippen LogP) is 13.2. The van der Waals surface area contributed by atoms with Gasteiger partial charge in [0.25, 0.3) is 20.2 Å². The van der Waals surface area contributed by atoms with Crippen molar-refractivity contribution in [2.24, 2.45) is 30.7 Å². The molecule has 0 radical (unpaired) electrons. The summed E-state index contributed by atoms with van der Waals surface area (Å²) in [5, 5.41) is 86.6. The molecule has 0 aliphatic rings. The third-order valence-electron chi connectivity index (χ3n) is 11.4. The molecule has 0 aliphatic heterocycles. The van der Waals surface area contributed by atoms with Crippen LogP contribution in [0.1, 0.15) is 11.1 Å². The van der Waals surface area contributed by atoms with Gasteiger partial charge in [0.05, 0.1) is 82.9 Å². The van der Waals surface area contributed by atoms with Crippen LogP contribution in [-0.4, -0.2) is 76.0 Å². The maximum Gasteiger partial charge on any atom is 0.295 e. The molecular formula is C46H35N9O18S5. The summed E-state index contributed by atoms with van der Waals surface area (Å²) in [6.07, 6.45) is 0. The molecule has 78 heavy (non-hydrogen) atoms. The van der Waals surface area contributed by atoms with E-state index in [0.717, 1.165) is 45.9 Å². The second kappa shape index (κ2) is 23.3. The van der Waals surface area contributed by atoms with Gasteiger partial charge in [-0.15, -0.1) is 38.5 Å². The molecule has 0 saturated heterocycles. The Morgan fingerprint density at radius 1 is 0.538 bits per heavy atom. The molecule has 0 aliphatic carbocycles. The first kappa shape index (κ1) is 55.4. The molecule has 9 aromatic rings. The van der Waals surface area contributed by atoms with Crippen molar-refractivity contribution in [3.63, 3.8) is 0 Å². The molecule has 0 amide bonds. The van der Waals surface area contributed by atoms with Gasteiger partial charge in [0.15, 0.2) is 5.75 Å². The average Bonchev–Trinajstić information content (AvgIpc) is 3.95. The highest BCUT2D eigenvalue weighted by molar-refractivity contribution is 7.95. The fourth-order valence-corrected chi connectivity index (χ4v) is 10.7. The Hall–Kier alpha value is -7.35. The van der Waals surface area contributed by atoms with Crippen LogP contribution in [0.5, 0.6) is 17.2 Å². The van der Waals surface area contributed by atoms with Crippen molar-refractivity contribution < 1.29 is 84.4 Å². The molecular weight excluding hydrogens is 1130 g/mol. The standard InChI is InChI=1S/C46H35N9O18S5/c1-22-12-36(23(2)11-35(22)48-47-26-5-7-30-24(13-26)15-28(74-71-68-57)17-41(30)75-72-69-58)49-50-37-20-40(67-4)38(21-39(37)66-3)51-52-45-42(76-73-70-59)16-25-14-27(6-8-31(25)46(45)56)55-53-34-10-9-32-33(44(34)54-55)18-29(77(60,61)62)19-43(32)78(63,64)65/h5-21,56-59H,1-4H3,(H,60,61,62)(H,63,64,65). The van der Waals surface area contributed by atoms with Gasteiger partial charge in [-0.05, 0) is 120 Å². The van der Waals surface area contributed by atoms with Gasteiger partial charge in [-0.25, -0.2) is 15.8 Å². The van der Waals surface area contributed by atoms with Gasteiger partial charge in [-0.2, -0.15) is 37.0 Å². The quantitative estimate of drug-likeness (QED) is 0.0136. The number of aryl methyl sites for hydroxylation is 2. The van der Waals surface area contributed by atoms with E-state index in [2.05, 4.69) is 64.7 Å². The highest BCUT2D eigenvalue weighted by Crippen LogP contribution is 2.47. The number of fused-ring (bicyclic) bond motifs is 5. The number of hydrogen-bond donors (Lipinski definition) is 6. The Kier molecular flexibility index (Phi) is 16.6. The lowest BCUT2D eigenvalue weighted by molar-refractivity contribution is -0.432. The van der Waals surface area contributed by atoms with Crippen LogP contribution in [0.3, 0.4) is 0 Å². The lowest BCUT2D eigenvalue weighted by atomic mass is 10.1. The number of rotatable bonds is 20. The summed E-state index contributed by atoms with van der Waals surface area (Å²) in [5.41, 5.74) is 3.77. The van der Waals surface area contributed by atoms with Crippen LogP contribution in [0, 0.1) is 13.8 Å². The van der Waals surface area contributed by atoms with Crippen LogP contribution in [0.15, 0.2) is 158 Å². The van der Waals surface area contributed by atoms with E-state index in [1.807, 2.05) is 13.8 Å². The van der Waals surface area contributed by atoms with E-state index in [9.17, 15) is 31.0 Å². The van der Waals surface area contributed by atoms with Crippen molar-refractivity contribution in [1.29, 1.82) is 0 Å². The zero-order valence-corrected chi connectivity index (χ0v) is 44.0. The first-order valence-electron chi connectivity index (χ1n) is 21.6. The van der Waals surface area contributed by atoms with E-state index in [4.69, 9.17) is 29.6 Å². The Morgan fingerprint density at radius 3 is 1.77 bits per heavy atom. The number of phenolic OH excluding ortho intramolecular Hbond substituents is 1. The van der Waals surface area contributed by atoms with Crippen LogP contribution >= 0.6 is 36.1 Å². The van der Waals surface area contributed by atoms with E-state index in [-0.39, 0.29) is 66.4 Å². The normalized spacial score (nSPS) is 12.5.